The van der Waals surface area contributed by atoms with Crippen molar-refractivity contribution >= 4 is 26.8 Å². The van der Waals surface area contributed by atoms with Gasteiger partial charge in [0.25, 0.3) is 0 Å². The third-order valence-electron chi connectivity index (χ3n) is 2.09. The summed E-state index contributed by atoms with van der Waals surface area (Å²) in [7, 11) is 1.92. The van der Waals surface area contributed by atoms with Crippen molar-refractivity contribution in [3.63, 3.8) is 0 Å². The molecule has 1 aromatic heterocycles. The van der Waals surface area contributed by atoms with Crippen LogP contribution in [0.15, 0.2) is 34.8 Å². The van der Waals surface area contributed by atoms with Crippen molar-refractivity contribution in [2.24, 2.45) is 0 Å². The lowest BCUT2D eigenvalue weighted by molar-refractivity contribution is 0.795. The fourth-order valence-electron chi connectivity index (χ4n) is 1.43. The van der Waals surface area contributed by atoms with Gasteiger partial charge in [0.2, 0.25) is 0 Å². The highest BCUT2D eigenvalue weighted by Crippen LogP contribution is 2.21. The topological polar surface area (TPSA) is 24.9 Å². The molecule has 1 heterocycles. The molecule has 2 aromatic rings. The molecular weight excluding hydrogens is 240 g/mol. The Balaban J connectivity index is 2.58. The number of aromatic nitrogens is 1. The van der Waals surface area contributed by atoms with Crippen LogP contribution in [-0.2, 0) is 6.54 Å². The molecular formula is C11H11BrN2. The Kier molecular flexibility index (Phi) is 2.79. The number of rotatable bonds is 2. The van der Waals surface area contributed by atoms with E-state index >= 15 is 0 Å². The lowest BCUT2D eigenvalue weighted by Gasteiger charge is -2.03. The van der Waals surface area contributed by atoms with E-state index in [9.17, 15) is 0 Å². The lowest BCUT2D eigenvalue weighted by Crippen LogP contribution is -2.06. The largest absolute Gasteiger partial charge is 0.314 e. The van der Waals surface area contributed by atoms with Gasteiger partial charge in [0.05, 0.1) is 11.2 Å². The first kappa shape index (κ1) is 9.62. The SMILES string of the molecule is CNCc1ccc2cccc(Br)c2n1. The molecule has 1 N–H and O–H groups in total. The van der Waals surface area contributed by atoms with Gasteiger partial charge in [-0.25, -0.2) is 0 Å². The molecule has 72 valence electrons. The number of hydrogen-bond acceptors (Lipinski definition) is 2. The van der Waals surface area contributed by atoms with Gasteiger partial charge in [0, 0.05) is 16.4 Å². The van der Waals surface area contributed by atoms with Crippen molar-refractivity contribution in [3.8, 4) is 0 Å². The van der Waals surface area contributed by atoms with Crippen molar-refractivity contribution in [1.82, 2.24) is 10.3 Å². The third-order valence-corrected chi connectivity index (χ3v) is 2.73. The zero-order valence-electron chi connectivity index (χ0n) is 7.92. The molecule has 0 fully saturated rings. The van der Waals surface area contributed by atoms with Crippen molar-refractivity contribution in [2.75, 3.05) is 7.05 Å². The first-order chi connectivity index (χ1) is 6.81. The summed E-state index contributed by atoms with van der Waals surface area (Å²) in [6.07, 6.45) is 0. The van der Waals surface area contributed by atoms with E-state index in [1.54, 1.807) is 0 Å². The highest BCUT2D eigenvalue weighted by Gasteiger charge is 2.00. The summed E-state index contributed by atoms with van der Waals surface area (Å²) in [5.41, 5.74) is 2.09. The summed E-state index contributed by atoms with van der Waals surface area (Å²) in [5, 5.41) is 4.26. The molecule has 0 saturated carbocycles. The maximum Gasteiger partial charge on any atom is 0.0847 e. The molecule has 0 aliphatic rings. The van der Waals surface area contributed by atoms with E-state index in [4.69, 9.17) is 0 Å². The molecule has 0 aliphatic heterocycles. The second-order valence-electron chi connectivity index (χ2n) is 3.14. The van der Waals surface area contributed by atoms with E-state index in [2.05, 4.69) is 38.4 Å². The quantitative estimate of drug-likeness (QED) is 0.887. The Bertz CT molecular complexity index is 454. The molecule has 0 amide bonds. The number of pyridine rings is 1. The van der Waals surface area contributed by atoms with E-state index in [0.717, 1.165) is 22.2 Å². The van der Waals surface area contributed by atoms with E-state index in [0.29, 0.717) is 0 Å². The molecule has 14 heavy (non-hydrogen) atoms. The standard InChI is InChI=1S/C11H11BrN2/c1-13-7-9-6-5-8-3-2-4-10(12)11(8)14-9/h2-6,13H,7H2,1H3. The predicted octanol–water partition coefficient (Wildman–Crippen LogP) is 2.72. The Hall–Kier alpha value is -0.930. The van der Waals surface area contributed by atoms with Crippen LogP contribution >= 0.6 is 15.9 Å². The smallest absolute Gasteiger partial charge is 0.0847 e. The number of fused-ring (bicyclic) bond motifs is 1. The number of halogens is 1. The average Bonchev–Trinajstić information content (AvgIpc) is 2.20. The van der Waals surface area contributed by atoms with Crippen LogP contribution in [0.1, 0.15) is 5.69 Å². The zero-order valence-corrected chi connectivity index (χ0v) is 9.51. The minimum atomic E-state index is 0.803. The van der Waals surface area contributed by atoms with Crippen LogP contribution < -0.4 is 5.32 Å². The first-order valence-corrected chi connectivity index (χ1v) is 5.29. The molecule has 0 saturated heterocycles. The van der Waals surface area contributed by atoms with Crippen LogP contribution in [0.5, 0.6) is 0 Å². The molecule has 0 atom stereocenters. The molecule has 3 heteroatoms. The van der Waals surface area contributed by atoms with Crippen molar-refractivity contribution in [1.29, 1.82) is 0 Å². The Labute approximate surface area is 91.5 Å². The molecule has 0 bridgehead atoms. The number of para-hydroxylation sites is 1. The number of nitrogens with zero attached hydrogens (tertiary/aromatic N) is 1. The molecule has 2 rings (SSSR count). The average molecular weight is 251 g/mol. The monoisotopic (exact) mass is 250 g/mol. The second-order valence-corrected chi connectivity index (χ2v) is 4.00. The van der Waals surface area contributed by atoms with E-state index in [1.165, 1.54) is 5.39 Å². The summed E-state index contributed by atoms with van der Waals surface area (Å²) in [5.74, 6) is 0. The Morgan fingerprint density at radius 3 is 2.93 bits per heavy atom. The van der Waals surface area contributed by atoms with Crippen LogP contribution in [0, 0.1) is 0 Å². The fourth-order valence-corrected chi connectivity index (χ4v) is 1.90. The van der Waals surface area contributed by atoms with Crippen molar-refractivity contribution in [3.05, 3.63) is 40.5 Å². The van der Waals surface area contributed by atoms with Gasteiger partial charge in [-0.3, -0.25) is 4.98 Å². The minimum absolute atomic E-state index is 0.803. The maximum absolute atomic E-state index is 4.56. The molecule has 2 nitrogen and oxygen atoms in total. The summed E-state index contributed by atoms with van der Waals surface area (Å²) >= 11 is 3.50. The minimum Gasteiger partial charge on any atom is -0.314 e. The normalized spacial score (nSPS) is 10.7. The van der Waals surface area contributed by atoms with E-state index in [1.807, 2.05) is 25.2 Å². The third kappa shape index (κ3) is 1.79. The summed E-state index contributed by atoms with van der Waals surface area (Å²) in [6.45, 7) is 0.803. The van der Waals surface area contributed by atoms with Gasteiger partial charge in [-0.05, 0) is 35.1 Å². The highest BCUT2D eigenvalue weighted by molar-refractivity contribution is 9.10. The van der Waals surface area contributed by atoms with Gasteiger partial charge in [-0.2, -0.15) is 0 Å². The maximum atomic E-state index is 4.56. The van der Waals surface area contributed by atoms with Gasteiger partial charge < -0.3 is 5.32 Å². The van der Waals surface area contributed by atoms with Crippen molar-refractivity contribution in [2.45, 2.75) is 6.54 Å². The van der Waals surface area contributed by atoms with Crippen LogP contribution in [0.25, 0.3) is 10.9 Å². The molecule has 0 radical (unpaired) electrons. The molecule has 0 unspecified atom stereocenters. The van der Waals surface area contributed by atoms with Crippen LogP contribution in [0.4, 0.5) is 0 Å². The predicted molar refractivity (Wildman–Crippen MR) is 62.2 cm³/mol. The molecule has 0 aliphatic carbocycles. The lowest BCUT2D eigenvalue weighted by atomic mass is 10.2. The first-order valence-electron chi connectivity index (χ1n) is 4.50. The fraction of sp³-hybridized carbons (Fsp3) is 0.182. The summed E-state index contributed by atoms with van der Waals surface area (Å²) in [4.78, 5) is 4.56. The number of benzene rings is 1. The van der Waals surface area contributed by atoms with Gasteiger partial charge in [-0.1, -0.05) is 18.2 Å². The summed E-state index contributed by atoms with van der Waals surface area (Å²) < 4.78 is 1.05. The Morgan fingerprint density at radius 1 is 1.29 bits per heavy atom. The van der Waals surface area contributed by atoms with Crippen LogP contribution in [0.2, 0.25) is 0 Å². The number of hydrogen-bond donors (Lipinski definition) is 1. The zero-order chi connectivity index (χ0) is 9.97. The highest BCUT2D eigenvalue weighted by atomic mass is 79.9. The van der Waals surface area contributed by atoms with Gasteiger partial charge in [-0.15, -0.1) is 0 Å². The van der Waals surface area contributed by atoms with Gasteiger partial charge in [0.1, 0.15) is 0 Å². The van der Waals surface area contributed by atoms with Crippen molar-refractivity contribution < 1.29 is 0 Å². The number of nitrogens with one attached hydrogen (secondary N) is 1. The Morgan fingerprint density at radius 2 is 2.14 bits per heavy atom. The summed E-state index contributed by atoms with van der Waals surface area (Å²) in [6, 6.07) is 10.2. The van der Waals surface area contributed by atoms with Gasteiger partial charge in [0.15, 0.2) is 0 Å². The van der Waals surface area contributed by atoms with Gasteiger partial charge >= 0.3 is 0 Å². The second kappa shape index (κ2) is 4.07. The van der Waals surface area contributed by atoms with E-state index in [-0.39, 0.29) is 0 Å². The van der Waals surface area contributed by atoms with E-state index < -0.39 is 0 Å². The van der Waals surface area contributed by atoms with Crippen LogP contribution in [0.3, 0.4) is 0 Å². The molecule has 0 spiro atoms. The molecule has 1 aromatic carbocycles. The van der Waals surface area contributed by atoms with Crippen LogP contribution in [-0.4, -0.2) is 12.0 Å².